The number of benzene rings is 1. The van der Waals surface area contributed by atoms with Crippen LogP contribution in [-0.2, 0) is 5.41 Å². The van der Waals surface area contributed by atoms with Gasteiger partial charge in [-0.25, -0.2) is 9.50 Å². The number of nitrogens with one attached hydrogen (secondary N) is 1. The highest BCUT2D eigenvalue weighted by molar-refractivity contribution is 6.03. The van der Waals surface area contributed by atoms with E-state index < -0.39 is 0 Å². The van der Waals surface area contributed by atoms with E-state index in [2.05, 4.69) is 36.2 Å². The lowest BCUT2D eigenvalue weighted by Crippen LogP contribution is -2.21. The molecule has 1 aromatic carbocycles. The van der Waals surface area contributed by atoms with Gasteiger partial charge in [0, 0.05) is 17.2 Å². The molecule has 2 heterocycles. The molecule has 1 N–H and O–H groups in total. The Hall–Kier alpha value is -2.89. The summed E-state index contributed by atoms with van der Waals surface area (Å²) in [7, 11) is 1.60. The molecule has 3 rings (SSSR count). The van der Waals surface area contributed by atoms with Gasteiger partial charge < -0.3 is 10.1 Å². The molecule has 24 heavy (non-hydrogen) atoms. The van der Waals surface area contributed by atoms with Crippen LogP contribution in [0.15, 0.2) is 42.6 Å². The van der Waals surface area contributed by atoms with Crippen molar-refractivity contribution in [3.8, 4) is 5.75 Å². The third kappa shape index (κ3) is 3.08. The number of hydrogen-bond acceptors (Lipinski definition) is 4. The van der Waals surface area contributed by atoms with Crippen LogP contribution in [0.25, 0.3) is 5.65 Å². The van der Waals surface area contributed by atoms with Crippen LogP contribution in [0.3, 0.4) is 0 Å². The number of methoxy groups -OCH3 is 1. The van der Waals surface area contributed by atoms with Gasteiger partial charge in [-0.15, -0.1) is 0 Å². The number of anilines is 1. The molecule has 2 aromatic heterocycles. The number of ether oxygens (including phenoxy) is 1. The molecular formula is C18H20N4O2. The second-order valence-corrected chi connectivity index (χ2v) is 6.56. The van der Waals surface area contributed by atoms with E-state index in [-0.39, 0.29) is 11.3 Å². The van der Waals surface area contributed by atoms with Crippen molar-refractivity contribution >= 4 is 17.2 Å². The fraction of sp³-hybridized carbons (Fsp3) is 0.278. The summed E-state index contributed by atoms with van der Waals surface area (Å²) in [4.78, 5) is 17.0. The Morgan fingerprint density at radius 2 is 1.88 bits per heavy atom. The van der Waals surface area contributed by atoms with Crippen LogP contribution in [0.5, 0.6) is 5.75 Å². The van der Waals surface area contributed by atoms with Crippen molar-refractivity contribution in [2.45, 2.75) is 26.2 Å². The van der Waals surface area contributed by atoms with Crippen molar-refractivity contribution in [2.75, 3.05) is 12.4 Å². The highest BCUT2D eigenvalue weighted by atomic mass is 16.5. The van der Waals surface area contributed by atoms with Crippen molar-refractivity contribution in [3.63, 3.8) is 0 Å². The summed E-state index contributed by atoms with van der Waals surface area (Å²) in [5.41, 5.74) is 2.47. The summed E-state index contributed by atoms with van der Waals surface area (Å²) in [6.45, 7) is 6.23. The van der Waals surface area contributed by atoms with Gasteiger partial charge in [-0.3, -0.25) is 4.79 Å². The molecule has 6 heteroatoms. The third-order valence-electron chi connectivity index (χ3n) is 3.71. The summed E-state index contributed by atoms with van der Waals surface area (Å²) in [6.07, 6.45) is 1.68. The van der Waals surface area contributed by atoms with E-state index in [1.165, 1.54) is 0 Å². The number of carbonyl (C=O) groups is 1. The van der Waals surface area contributed by atoms with Gasteiger partial charge in [-0.05, 0) is 30.3 Å². The van der Waals surface area contributed by atoms with Crippen molar-refractivity contribution in [1.29, 1.82) is 0 Å². The molecule has 0 aliphatic rings. The van der Waals surface area contributed by atoms with Crippen LogP contribution in [0.4, 0.5) is 5.69 Å². The molecule has 0 fully saturated rings. The summed E-state index contributed by atoms with van der Waals surface area (Å²) < 4.78 is 6.88. The first kappa shape index (κ1) is 16.0. The quantitative estimate of drug-likeness (QED) is 0.803. The average molecular weight is 324 g/mol. The molecule has 0 bridgehead atoms. The van der Waals surface area contributed by atoms with Crippen LogP contribution >= 0.6 is 0 Å². The Kier molecular flexibility index (Phi) is 3.97. The monoisotopic (exact) mass is 324 g/mol. The molecular weight excluding hydrogens is 304 g/mol. The number of fused-ring (bicyclic) bond motifs is 1. The van der Waals surface area contributed by atoms with Crippen molar-refractivity contribution < 1.29 is 9.53 Å². The number of hydrogen-bond donors (Lipinski definition) is 1. The fourth-order valence-corrected chi connectivity index (χ4v) is 2.43. The van der Waals surface area contributed by atoms with Crippen LogP contribution < -0.4 is 10.1 Å². The normalized spacial score (nSPS) is 11.5. The fourth-order valence-electron chi connectivity index (χ4n) is 2.43. The number of carbonyl (C=O) groups excluding carboxylic acids is 1. The zero-order chi connectivity index (χ0) is 17.3. The maximum atomic E-state index is 12.6. The maximum absolute atomic E-state index is 12.6. The standard InChI is InChI=1S/C18H20N4O2/c1-18(2,3)15-11-14(21-16-9-10-19-22(15)16)17(23)20-12-5-7-13(24-4)8-6-12/h5-11H,1-4H3,(H,20,23). The van der Waals surface area contributed by atoms with E-state index in [9.17, 15) is 4.79 Å². The molecule has 0 aliphatic heterocycles. The van der Waals surface area contributed by atoms with Crippen LogP contribution in [0, 0.1) is 0 Å². The molecule has 0 aliphatic carbocycles. The summed E-state index contributed by atoms with van der Waals surface area (Å²) >= 11 is 0. The molecule has 0 unspecified atom stereocenters. The highest BCUT2D eigenvalue weighted by Crippen LogP contribution is 2.23. The Bertz CT molecular complexity index is 876. The second-order valence-electron chi connectivity index (χ2n) is 6.56. The molecule has 0 radical (unpaired) electrons. The molecule has 0 saturated carbocycles. The SMILES string of the molecule is COc1ccc(NC(=O)c2cc(C(C)(C)C)n3nccc3n2)cc1. The number of amides is 1. The Morgan fingerprint density at radius 1 is 1.17 bits per heavy atom. The first-order valence-corrected chi connectivity index (χ1v) is 7.69. The topological polar surface area (TPSA) is 68.5 Å². The minimum Gasteiger partial charge on any atom is -0.497 e. The third-order valence-corrected chi connectivity index (χ3v) is 3.71. The van der Waals surface area contributed by atoms with Gasteiger partial charge in [0.1, 0.15) is 11.4 Å². The van der Waals surface area contributed by atoms with Gasteiger partial charge in [-0.2, -0.15) is 5.10 Å². The van der Waals surface area contributed by atoms with E-state index in [0.717, 1.165) is 11.4 Å². The van der Waals surface area contributed by atoms with E-state index in [1.807, 2.05) is 0 Å². The van der Waals surface area contributed by atoms with E-state index >= 15 is 0 Å². The first-order chi connectivity index (χ1) is 11.4. The van der Waals surface area contributed by atoms with Crippen molar-refractivity contribution in [1.82, 2.24) is 14.6 Å². The predicted molar refractivity (Wildman–Crippen MR) is 92.6 cm³/mol. The second kappa shape index (κ2) is 5.96. The largest absolute Gasteiger partial charge is 0.497 e. The molecule has 1 amide bonds. The molecule has 0 atom stereocenters. The van der Waals surface area contributed by atoms with Gasteiger partial charge in [0.05, 0.1) is 19.0 Å². The Morgan fingerprint density at radius 3 is 2.50 bits per heavy atom. The van der Waals surface area contributed by atoms with Crippen LogP contribution in [0.1, 0.15) is 37.0 Å². The van der Waals surface area contributed by atoms with E-state index in [0.29, 0.717) is 17.0 Å². The summed E-state index contributed by atoms with van der Waals surface area (Å²) in [5.74, 6) is 0.483. The van der Waals surface area contributed by atoms with E-state index in [4.69, 9.17) is 4.74 Å². The smallest absolute Gasteiger partial charge is 0.274 e. The molecule has 0 saturated heterocycles. The minimum atomic E-state index is -0.255. The average Bonchev–Trinajstić information content (AvgIpc) is 3.02. The zero-order valence-electron chi connectivity index (χ0n) is 14.2. The van der Waals surface area contributed by atoms with Crippen molar-refractivity contribution in [2.24, 2.45) is 0 Å². The highest BCUT2D eigenvalue weighted by Gasteiger charge is 2.21. The number of nitrogens with zero attached hydrogens (tertiary/aromatic N) is 3. The van der Waals surface area contributed by atoms with Crippen LogP contribution in [0.2, 0.25) is 0 Å². The van der Waals surface area contributed by atoms with E-state index in [1.54, 1.807) is 54.2 Å². The van der Waals surface area contributed by atoms with Gasteiger partial charge in [0.2, 0.25) is 0 Å². The Labute approximate surface area is 140 Å². The van der Waals surface area contributed by atoms with Crippen molar-refractivity contribution in [3.05, 3.63) is 54.0 Å². The zero-order valence-corrected chi connectivity index (χ0v) is 14.2. The van der Waals surface area contributed by atoms with Gasteiger partial charge in [0.25, 0.3) is 5.91 Å². The number of aromatic nitrogens is 3. The Balaban J connectivity index is 1.94. The van der Waals surface area contributed by atoms with Gasteiger partial charge in [0.15, 0.2) is 5.65 Å². The maximum Gasteiger partial charge on any atom is 0.274 e. The lowest BCUT2D eigenvalue weighted by molar-refractivity contribution is 0.102. The van der Waals surface area contributed by atoms with Gasteiger partial charge in [-0.1, -0.05) is 20.8 Å². The lowest BCUT2D eigenvalue weighted by Gasteiger charge is -2.20. The lowest BCUT2D eigenvalue weighted by atomic mass is 9.91. The molecule has 0 spiro atoms. The molecule has 6 nitrogen and oxygen atoms in total. The summed E-state index contributed by atoms with van der Waals surface area (Å²) in [6, 6.07) is 10.8. The predicted octanol–water partition coefficient (Wildman–Crippen LogP) is 3.29. The van der Waals surface area contributed by atoms with Gasteiger partial charge >= 0.3 is 0 Å². The number of rotatable bonds is 3. The molecule has 3 aromatic rings. The summed E-state index contributed by atoms with van der Waals surface area (Å²) in [5, 5.41) is 7.16. The molecule has 124 valence electrons. The minimum absolute atomic E-state index is 0.164. The van der Waals surface area contributed by atoms with Crippen LogP contribution in [-0.4, -0.2) is 27.6 Å². The first-order valence-electron chi connectivity index (χ1n) is 7.69.